The molecule has 3 rings (SSSR count). The van der Waals surface area contributed by atoms with E-state index in [4.69, 9.17) is 20.5 Å². The summed E-state index contributed by atoms with van der Waals surface area (Å²) in [6.07, 6.45) is 0.769. The van der Waals surface area contributed by atoms with Crippen LogP contribution in [0, 0.1) is 0 Å². The summed E-state index contributed by atoms with van der Waals surface area (Å²) >= 11 is 7.14. The molecular formula is C21H23ClN2O4SSi. The number of phenolic OH excluding ortho intramolecular Hbond substituents is 1. The summed E-state index contributed by atoms with van der Waals surface area (Å²) in [6, 6.07) is 10.2. The number of halogens is 1. The van der Waals surface area contributed by atoms with Gasteiger partial charge in [0.15, 0.2) is 17.6 Å². The Bertz CT molecular complexity index is 1070. The third-order valence-corrected chi connectivity index (χ3v) is 8.48. The molecule has 0 aliphatic carbocycles. The van der Waals surface area contributed by atoms with Gasteiger partial charge in [0.05, 0.1) is 43.0 Å². The van der Waals surface area contributed by atoms with Crippen molar-refractivity contribution in [3.8, 4) is 22.8 Å². The van der Waals surface area contributed by atoms with E-state index >= 15 is 0 Å². The highest BCUT2D eigenvalue weighted by molar-refractivity contribution is 7.96. The van der Waals surface area contributed by atoms with Gasteiger partial charge in [-0.1, -0.05) is 31.2 Å². The quantitative estimate of drug-likeness (QED) is 0.367. The zero-order chi connectivity index (χ0) is 21.9. The van der Waals surface area contributed by atoms with Gasteiger partial charge >= 0.3 is 5.97 Å². The van der Waals surface area contributed by atoms with Crippen LogP contribution in [-0.2, 0) is 8.98 Å². The first-order valence-electron chi connectivity index (χ1n) is 9.38. The minimum atomic E-state index is -1.31. The Morgan fingerprint density at radius 3 is 2.67 bits per heavy atom. The number of rotatable bonds is 7. The van der Waals surface area contributed by atoms with Crippen LogP contribution >= 0.6 is 23.6 Å². The molecule has 0 radical (unpaired) electrons. The number of ether oxygens (including phenoxy) is 1. The lowest BCUT2D eigenvalue weighted by Gasteiger charge is -2.17. The van der Waals surface area contributed by atoms with E-state index < -0.39 is 20.1 Å². The number of hydrogen-bond donors (Lipinski definition) is 1. The molecule has 1 N–H and O–H groups in total. The number of hydrogen-bond acceptors (Lipinski definition) is 7. The summed E-state index contributed by atoms with van der Waals surface area (Å²) in [7, 11) is -1.31. The van der Waals surface area contributed by atoms with Crippen molar-refractivity contribution in [1.29, 1.82) is 0 Å². The number of carbonyl (C=O) groups is 1. The summed E-state index contributed by atoms with van der Waals surface area (Å²) in [6.45, 7) is 8.18. The molecule has 9 heteroatoms. The van der Waals surface area contributed by atoms with E-state index in [0.29, 0.717) is 27.3 Å². The number of fused-ring (bicyclic) bond motifs is 1. The third-order valence-electron chi connectivity index (χ3n) is 4.03. The lowest BCUT2D eigenvalue weighted by molar-refractivity contribution is -0.140. The molecule has 0 saturated heterocycles. The standard InChI is InChI=1S/C21H23ClN2O4SSi/c1-13(21(26)28-29-12-30(2,3)4)27-20-8-5-14(9-19(20)25)18-11-23-17-10-15(22)6-7-16(17)24-18/h5-11,13,25H,12H2,1-4H3. The van der Waals surface area contributed by atoms with Crippen molar-refractivity contribution in [3.63, 3.8) is 0 Å². The number of carbonyl (C=O) groups excluding carboxylic acids is 1. The average molecular weight is 463 g/mol. The second-order valence-corrected chi connectivity index (χ2v) is 15.2. The van der Waals surface area contributed by atoms with E-state index in [1.165, 1.54) is 6.07 Å². The fourth-order valence-corrected chi connectivity index (χ4v) is 4.54. The molecule has 0 amide bonds. The first-order valence-corrected chi connectivity index (χ1v) is 14.4. The van der Waals surface area contributed by atoms with Gasteiger partial charge in [0.2, 0.25) is 0 Å². The Hall–Kier alpha value is -2.29. The minimum Gasteiger partial charge on any atom is -0.504 e. The zero-order valence-electron chi connectivity index (χ0n) is 17.2. The molecule has 1 atom stereocenters. The van der Waals surface area contributed by atoms with Gasteiger partial charge in [-0.2, -0.15) is 0 Å². The van der Waals surface area contributed by atoms with Crippen LogP contribution in [0.15, 0.2) is 42.6 Å². The van der Waals surface area contributed by atoms with E-state index in [1.54, 1.807) is 43.5 Å². The molecule has 0 spiro atoms. The molecule has 1 heterocycles. The summed E-state index contributed by atoms with van der Waals surface area (Å²) in [5.41, 5.74) is 2.66. The molecule has 0 aliphatic rings. The van der Waals surface area contributed by atoms with Crippen molar-refractivity contribution < 1.29 is 18.8 Å². The van der Waals surface area contributed by atoms with Crippen molar-refractivity contribution in [2.45, 2.75) is 32.7 Å². The van der Waals surface area contributed by atoms with Crippen LogP contribution in [0.2, 0.25) is 24.7 Å². The van der Waals surface area contributed by atoms with Gasteiger partial charge in [-0.05, 0) is 43.3 Å². The van der Waals surface area contributed by atoms with Crippen molar-refractivity contribution >= 4 is 48.7 Å². The maximum Gasteiger partial charge on any atom is 0.359 e. The molecule has 30 heavy (non-hydrogen) atoms. The van der Waals surface area contributed by atoms with E-state index in [1.807, 2.05) is 0 Å². The minimum absolute atomic E-state index is 0.0973. The van der Waals surface area contributed by atoms with Crippen LogP contribution in [0.4, 0.5) is 0 Å². The first kappa shape index (κ1) is 22.4. The van der Waals surface area contributed by atoms with Crippen LogP contribution in [0.25, 0.3) is 22.3 Å². The Balaban J connectivity index is 1.69. The summed E-state index contributed by atoms with van der Waals surface area (Å²) in [4.78, 5) is 21.0. The van der Waals surface area contributed by atoms with Gasteiger partial charge in [-0.15, -0.1) is 0 Å². The first-order chi connectivity index (χ1) is 14.1. The normalized spacial score (nSPS) is 12.6. The van der Waals surface area contributed by atoms with Crippen LogP contribution in [0.1, 0.15) is 6.92 Å². The number of nitrogens with zero attached hydrogens (tertiary/aromatic N) is 2. The highest BCUT2D eigenvalue weighted by Crippen LogP contribution is 2.32. The van der Waals surface area contributed by atoms with Gasteiger partial charge in [0.1, 0.15) is 0 Å². The predicted molar refractivity (Wildman–Crippen MR) is 124 cm³/mol. The summed E-state index contributed by atoms with van der Waals surface area (Å²) < 4.78 is 10.8. The smallest absolute Gasteiger partial charge is 0.359 e. The second kappa shape index (κ2) is 9.24. The largest absolute Gasteiger partial charge is 0.504 e. The van der Waals surface area contributed by atoms with E-state index in [2.05, 4.69) is 29.6 Å². The predicted octanol–water partition coefficient (Wildman–Crippen LogP) is 5.49. The SMILES string of the molecule is CC(Oc1ccc(-c2cnc3cc(Cl)ccc3n2)cc1O)C(=O)OSC[Si](C)(C)C. The maximum absolute atomic E-state index is 12.1. The lowest BCUT2D eigenvalue weighted by atomic mass is 10.1. The summed E-state index contributed by atoms with van der Waals surface area (Å²) in [5, 5.41) is 11.8. The van der Waals surface area contributed by atoms with Gasteiger partial charge in [0.25, 0.3) is 0 Å². The van der Waals surface area contributed by atoms with Crippen LogP contribution in [0.3, 0.4) is 0 Å². The molecule has 0 aliphatic heterocycles. The monoisotopic (exact) mass is 462 g/mol. The van der Waals surface area contributed by atoms with Crippen molar-refractivity contribution in [2.24, 2.45) is 0 Å². The molecule has 0 bridgehead atoms. The van der Waals surface area contributed by atoms with E-state index in [0.717, 1.165) is 17.4 Å². The lowest BCUT2D eigenvalue weighted by Crippen LogP contribution is -2.27. The second-order valence-electron chi connectivity index (χ2n) is 8.06. The van der Waals surface area contributed by atoms with Gasteiger partial charge in [-0.3, -0.25) is 4.98 Å². The number of phenols is 1. The fourth-order valence-electron chi connectivity index (χ4n) is 2.47. The Morgan fingerprint density at radius 1 is 1.20 bits per heavy atom. The van der Waals surface area contributed by atoms with Crippen LogP contribution in [-0.4, -0.2) is 40.6 Å². The maximum atomic E-state index is 12.1. The molecule has 0 fully saturated rings. The van der Waals surface area contributed by atoms with Crippen molar-refractivity contribution in [1.82, 2.24) is 9.97 Å². The number of benzene rings is 2. The highest BCUT2D eigenvalue weighted by atomic mass is 35.5. The van der Waals surface area contributed by atoms with Gasteiger partial charge in [-0.25, -0.2) is 9.78 Å². The molecule has 1 aromatic heterocycles. The van der Waals surface area contributed by atoms with Crippen LogP contribution < -0.4 is 4.74 Å². The zero-order valence-corrected chi connectivity index (χ0v) is 19.8. The van der Waals surface area contributed by atoms with E-state index in [-0.39, 0.29) is 11.5 Å². The average Bonchev–Trinajstić information content (AvgIpc) is 2.68. The molecule has 3 aromatic rings. The highest BCUT2D eigenvalue weighted by Gasteiger charge is 2.21. The molecule has 6 nitrogen and oxygen atoms in total. The van der Waals surface area contributed by atoms with Gasteiger partial charge in [0, 0.05) is 16.0 Å². The summed E-state index contributed by atoms with van der Waals surface area (Å²) in [5.74, 6) is -0.389. The Morgan fingerprint density at radius 2 is 1.97 bits per heavy atom. The molecular weight excluding hydrogens is 440 g/mol. The number of aromatic hydroxyl groups is 1. The van der Waals surface area contributed by atoms with Crippen molar-refractivity contribution in [2.75, 3.05) is 5.38 Å². The molecule has 0 saturated carbocycles. The van der Waals surface area contributed by atoms with E-state index in [9.17, 15) is 9.90 Å². The molecule has 1 unspecified atom stereocenters. The fraction of sp³-hybridized carbons (Fsp3) is 0.286. The Labute approximate surface area is 185 Å². The Kier molecular flexibility index (Phi) is 6.90. The number of aromatic nitrogens is 2. The molecule has 2 aromatic carbocycles. The van der Waals surface area contributed by atoms with Crippen molar-refractivity contribution in [3.05, 3.63) is 47.6 Å². The third kappa shape index (κ3) is 5.87. The van der Waals surface area contributed by atoms with Crippen LogP contribution in [0.5, 0.6) is 11.5 Å². The molecule has 158 valence electrons. The van der Waals surface area contributed by atoms with Gasteiger partial charge < -0.3 is 14.0 Å². The topological polar surface area (TPSA) is 81.5 Å².